The van der Waals surface area contributed by atoms with Crippen molar-refractivity contribution in [2.75, 3.05) is 6.61 Å². The van der Waals surface area contributed by atoms with Gasteiger partial charge in [0.1, 0.15) is 42.4 Å². The lowest BCUT2D eigenvalue weighted by molar-refractivity contribution is -0.354. The normalized spacial score (nSPS) is 41.0. The molecule has 0 radical (unpaired) electrons. The van der Waals surface area contributed by atoms with Gasteiger partial charge in [0, 0.05) is 5.56 Å². The summed E-state index contributed by atoms with van der Waals surface area (Å²) in [7, 11) is 0. The van der Waals surface area contributed by atoms with Gasteiger partial charge >= 0.3 is 0 Å². The Bertz CT molecular complexity index is 741. The van der Waals surface area contributed by atoms with E-state index in [0.717, 1.165) is 0 Å². The van der Waals surface area contributed by atoms with Crippen molar-refractivity contribution in [3.63, 3.8) is 0 Å². The molecular formula is C20H28O11. The Hall–Kier alpha value is -1.67. The Morgan fingerprint density at radius 2 is 1.55 bits per heavy atom. The standard InChI is InChI=1S/C20H28O11/c1-8(22)10-3-5-11(6-4-10)29-20-18(16(26)14(24)12(7-21)30-20)31-19-17(27)15(25)13(23)9(2)28-19/h3-6,9,12-21,23-27H,7H2,1-2H3. The van der Waals surface area contributed by atoms with Crippen LogP contribution in [0.2, 0.25) is 0 Å². The number of ketones is 1. The van der Waals surface area contributed by atoms with Crippen LogP contribution in [-0.2, 0) is 14.2 Å². The van der Waals surface area contributed by atoms with Crippen molar-refractivity contribution in [1.29, 1.82) is 0 Å². The molecule has 1 aromatic rings. The highest BCUT2D eigenvalue weighted by atomic mass is 16.8. The lowest BCUT2D eigenvalue weighted by atomic mass is 9.97. The molecule has 0 aliphatic carbocycles. The van der Waals surface area contributed by atoms with Crippen molar-refractivity contribution in [2.45, 2.75) is 75.3 Å². The predicted octanol–water partition coefficient (Wildman–Crippen LogP) is -2.08. The van der Waals surface area contributed by atoms with Crippen LogP contribution in [0.1, 0.15) is 24.2 Å². The number of hydrogen-bond acceptors (Lipinski definition) is 11. The first kappa shape index (κ1) is 24.0. The van der Waals surface area contributed by atoms with Crippen LogP contribution in [0.4, 0.5) is 0 Å². The molecule has 0 aromatic heterocycles. The monoisotopic (exact) mass is 444 g/mol. The highest BCUT2D eigenvalue weighted by Crippen LogP contribution is 2.30. The summed E-state index contributed by atoms with van der Waals surface area (Å²) in [5.41, 5.74) is 0.452. The summed E-state index contributed by atoms with van der Waals surface area (Å²) in [6.07, 6.45) is -14.0. The van der Waals surface area contributed by atoms with Crippen molar-refractivity contribution in [3.05, 3.63) is 29.8 Å². The Morgan fingerprint density at radius 1 is 0.903 bits per heavy atom. The first-order valence-electron chi connectivity index (χ1n) is 9.89. The van der Waals surface area contributed by atoms with Crippen LogP contribution in [-0.4, -0.2) is 104 Å². The van der Waals surface area contributed by atoms with Crippen LogP contribution in [0.3, 0.4) is 0 Å². The van der Waals surface area contributed by atoms with Crippen molar-refractivity contribution < 1.29 is 54.4 Å². The predicted molar refractivity (Wildman–Crippen MR) is 102 cm³/mol. The van der Waals surface area contributed by atoms with Crippen LogP contribution in [0.25, 0.3) is 0 Å². The summed E-state index contributed by atoms with van der Waals surface area (Å²) in [6.45, 7) is 2.26. The average molecular weight is 444 g/mol. The quantitative estimate of drug-likeness (QED) is 0.266. The molecule has 0 saturated carbocycles. The number of carbonyl (C=O) groups is 1. The second-order valence-electron chi connectivity index (χ2n) is 7.69. The molecule has 0 amide bonds. The van der Waals surface area contributed by atoms with Gasteiger partial charge < -0.3 is 49.6 Å². The van der Waals surface area contributed by atoms with E-state index in [4.69, 9.17) is 18.9 Å². The minimum atomic E-state index is -1.65. The van der Waals surface area contributed by atoms with Gasteiger partial charge in [0.25, 0.3) is 0 Å². The van der Waals surface area contributed by atoms with Crippen molar-refractivity contribution >= 4 is 5.78 Å². The summed E-state index contributed by atoms with van der Waals surface area (Å²) in [4.78, 5) is 11.4. The number of aliphatic hydroxyl groups excluding tert-OH is 6. The molecule has 2 fully saturated rings. The third-order valence-electron chi connectivity index (χ3n) is 5.44. The zero-order chi connectivity index (χ0) is 22.9. The minimum absolute atomic E-state index is 0.140. The fraction of sp³-hybridized carbons (Fsp3) is 0.650. The second-order valence-corrected chi connectivity index (χ2v) is 7.69. The second kappa shape index (κ2) is 9.86. The number of carbonyl (C=O) groups excluding carboxylic acids is 1. The van der Waals surface area contributed by atoms with Crippen molar-refractivity contribution in [1.82, 2.24) is 0 Å². The molecule has 3 rings (SSSR count). The molecule has 6 N–H and O–H groups in total. The largest absolute Gasteiger partial charge is 0.462 e. The first-order valence-corrected chi connectivity index (χ1v) is 9.89. The fourth-order valence-electron chi connectivity index (χ4n) is 3.48. The van der Waals surface area contributed by atoms with E-state index in [1.165, 1.54) is 38.1 Å². The topological polar surface area (TPSA) is 175 Å². The van der Waals surface area contributed by atoms with E-state index in [2.05, 4.69) is 0 Å². The van der Waals surface area contributed by atoms with Crippen LogP contribution in [0.15, 0.2) is 24.3 Å². The Morgan fingerprint density at radius 3 is 2.13 bits per heavy atom. The Kier molecular flexibility index (Phi) is 7.63. The maximum atomic E-state index is 11.4. The molecule has 0 bridgehead atoms. The summed E-state index contributed by atoms with van der Waals surface area (Å²) in [5.74, 6) is 0.108. The zero-order valence-electron chi connectivity index (χ0n) is 17.0. The molecule has 2 heterocycles. The van der Waals surface area contributed by atoms with Gasteiger partial charge in [-0.1, -0.05) is 0 Å². The summed E-state index contributed by atoms with van der Waals surface area (Å²) in [5, 5.41) is 60.3. The van der Waals surface area contributed by atoms with E-state index in [-0.39, 0.29) is 11.5 Å². The van der Waals surface area contributed by atoms with Gasteiger partial charge in [0.15, 0.2) is 18.2 Å². The van der Waals surface area contributed by atoms with E-state index in [0.29, 0.717) is 5.56 Å². The maximum Gasteiger partial charge on any atom is 0.229 e. The zero-order valence-corrected chi connectivity index (χ0v) is 17.0. The number of ether oxygens (including phenoxy) is 4. The lowest BCUT2D eigenvalue weighted by Crippen LogP contribution is -2.64. The molecule has 10 unspecified atom stereocenters. The van der Waals surface area contributed by atoms with Gasteiger partial charge in [-0.3, -0.25) is 4.79 Å². The average Bonchev–Trinajstić information content (AvgIpc) is 2.75. The van der Waals surface area contributed by atoms with Gasteiger partial charge in [-0.25, -0.2) is 0 Å². The number of Topliss-reactive ketones (excluding diaryl/α,β-unsaturated/α-hetero) is 1. The molecular weight excluding hydrogens is 416 g/mol. The first-order chi connectivity index (χ1) is 14.6. The number of benzene rings is 1. The van der Waals surface area contributed by atoms with Crippen molar-refractivity contribution in [3.8, 4) is 5.75 Å². The Balaban J connectivity index is 1.81. The van der Waals surface area contributed by atoms with E-state index in [1.807, 2.05) is 0 Å². The van der Waals surface area contributed by atoms with Crippen LogP contribution >= 0.6 is 0 Å². The van der Waals surface area contributed by atoms with Gasteiger partial charge in [-0.15, -0.1) is 0 Å². The highest BCUT2D eigenvalue weighted by Gasteiger charge is 2.50. The molecule has 31 heavy (non-hydrogen) atoms. The third-order valence-corrected chi connectivity index (χ3v) is 5.44. The number of aliphatic hydroxyl groups is 6. The summed E-state index contributed by atoms with van der Waals surface area (Å²) >= 11 is 0. The fourth-order valence-corrected chi connectivity index (χ4v) is 3.48. The maximum absolute atomic E-state index is 11.4. The molecule has 11 heteroatoms. The van der Waals surface area contributed by atoms with Gasteiger partial charge in [-0.2, -0.15) is 0 Å². The van der Waals surface area contributed by atoms with Crippen LogP contribution < -0.4 is 4.74 Å². The molecule has 1 aromatic carbocycles. The molecule has 2 aliphatic rings. The molecule has 2 saturated heterocycles. The molecule has 2 aliphatic heterocycles. The van der Waals surface area contributed by atoms with Crippen molar-refractivity contribution in [2.24, 2.45) is 0 Å². The minimum Gasteiger partial charge on any atom is -0.462 e. The molecule has 174 valence electrons. The molecule has 0 spiro atoms. The highest BCUT2D eigenvalue weighted by molar-refractivity contribution is 5.94. The van der Waals surface area contributed by atoms with E-state index in [1.54, 1.807) is 0 Å². The lowest BCUT2D eigenvalue weighted by Gasteiger charge is -2.45. The SMILES string of the molecule is CC(=O)c1ccc(OC2OC(CO)C(O)C(O)C2OC2OC(C)C(O)C(O)C2O)cc1. The third kappa shape index (κ3) is 5.06. The summed E-state index contributed by atoms with van der Waals surface area (Å²) in [6, 6.07) is 6.05. The Labute approximate surface area is 178 Å². The van der Waals surface area contributed by atoms with E-state index in [9.17, 15) is 35.4 Å². The smallest absolute Gasteiger partial charge is 0.229 e. The van der Waals surface area contributed by atoms with Gasteiger partial charge in [0.2, 0.25) is 6.29 Å². The molecule has 10 atom stereocenters. The van der Waals surface area contributed by atoms with Gasteiger partial charge in [0.05, 0.1) is 12.7 Å². The van der Waals surface area contributed by atoms with E-state index < -0.39 is 68.0 Å². The van der Waals surface area contributed by atoms with Gasteiger partial charge in [-0.05, 0) is 38.1 Å². The van der Waals surface area contributed by atoms with E-state index >= 15 is 0 Å². The number of hydrogen-bond donors (Lipinski definition) is 6. The van der Waals surface area contributed by atoms with Crippen LogP contribution in [0, 0.1) is 0 Å². The summed E-state index contributed by atoms with van der Waals surface area (Å²) < 4.78 is 22.3. The van der Waals surface area contributed by atoms with Crippen LogP contribution in [0.5, 0.6) is 5.75 Å². The number of rotatable bonds is 6. The molecule has 11 nitrogen and oxygen atoms in total.